The number of para-hydroxylation sites is 1. The summed E-state index contributed by atoms with van der Waals surface area (Å²) in [6, 6.07) is 7.99. The Hall–Kier alpha value is -1.46. The van der Waals surface area contributed by atoms with Crippen LogP contribution in [0.2, 0.25) is 0 Å². The normalized spacial score (nSPS) is 11.6. The van der Waals surface area contributed by atoms with Crippen molar-refractivity contribution >= 4 is 27.5 Å². The summed E-state index contributed by atoms with van der Waals surface area (Å²) in [4.78, 5) is 17.4. The molecule has 2 rings (SSSR count). The van der Waals surface area contributed by atoms with Gasteiger partial charge in [0.2, 0.25) is 0 Å². The van der Waals surface area contributed by atoms with Crippen LogP contribution in [0.1, 0.15) is 18.9 Å². The summed E-state index contributed by atoms with van der Waals surface area (Å²) in [7, 11) is 0. The average Bonchev–Trinajstić information content (AvgIpc) is 2.68. The molecule has 1 aromatic carbocycles. The number of benzene rings is 1. The van der Waals surface area contributed by atoms with E-state index >= 15 is 0 Å². The third kappa shape index (κ3) is 4.01. The van der Waals surface area contributed by atoms with Crippen LogP contribution in [0.15, 0.2) is 24.3 Å². The van der Waals surface area contributed by atoms with E-state index in [1.807, 2.05) is 29.2 Å². The number of aromatic nitrogens is 1. The summed E-state index contributed by atoms with van der Waals surface area (Å²) < 4.78 is 1.15. The van der Waals surface area contributed by atoms with Crippen molar-refractivity contribution in [3.8, 4) is 0 Å². The molecule has 2 aromatic rings. The van der Waals surface area contributed by atoms with E-state index in [1.165, 1.54) is 0 Å². The van der Waals surface area contributed by atoms with Gasteiger partial charge in [0.25, 0.3) is 0 Å². The van der Waals surface area contributed by atoms with Crippen molar-refractivity contribution in [3.63, 3.8) is 0 Å². The minimum atomic E-state index is -0.790. The van der Waals surface area contributed by atoms with Crippen LogP contribution in [0, 0.1) is 5.92 Å². The molecule has 4 nitrogen and oxygen atoms in total. The van der Waals surface area contributed by atoms with Crippen molar-refractivity contribution in [1.82, 2.24) is 9.88 Å². The summed E-state index contributed by atoms with van der Waals surface area (Å²) in [6.07, 6.45) is 0. The summed E-state index contributed by atoms with van der Waals surface area (Å²) in [5, 5.41) is 9.93. The fourth-order valence-electron chi connectivity index (χ4n) is 2.07. The van der Waals surface area contributed by atoms with Gasteiger partial charge >= 0.3 is 5.97 Å². The summed E-state index contributed by atoms with van der Waals surface area (Å²) in [6.45, 7) is 5.61. The number of nitrogens with zero attached hydrogens (tertiary/aromatic N) is 2. The van der Waals surface area contributed by atoms with E-state index in [0.717, 1.165) is 21.8 Å². The third-order valence-corrected chi connectivity index (χ3v) is 3.70. The van der Waals surface area contributed by atoms with Crippen molar-refractivity contribution < 1.29 is 9.90 Å². The Morgan fingerprint density at radius 3 is 2.79 bits per heavy atom. The van der Waals surface area contributed by atoms with Gasteiger partial charge in [0.05, 0.1) is 23.3 Å². The molecule has 0 atom stereocenters. The maximum absolute atomic E-state index is 10.9. The number of carbonyl (C=O) groups is 1. The minimum absolute atomic E-state index is 0.0636. The van der Waals surface area contributed by atoms with E-state index in [1.54, 1.807) is 11.3 Å². The Labute approximate surface area is 116 Å². The smallest absolute Gasteiger partial charge is 0.317 e. The predicted octanol–water partition coefficient (Wildman–Crippen LogP) is 2.84. The Kier molecular flexibility index (Phi) is 4.50. The Morgan fingerprint density at radius 2 is 2.16 bits per heavy atom. The molecule has 0 spiro atoms. The van der Waals surface area contributed by atoms with E-state index in [4.69, 9.17) is 5.11 Å². The van der Waals surface area contributed by atoms with Crippen molar-refractivity contribution in [2.75, 3.05) is 13.1 Å². The SMILES string of the molecule is CC(C)CN(CC(=O)O)Cc1nc2ccccc2s1. The molecular formula is C14H18N2O2S. The van der Waals surface area contributed by atoms with Crippen molar-refractivity contribution in [1.29, 1.82) is 0 Å². The van der Waals surface area contributed by atoms with E-state index in [9.17, 15) is 4.79 Å². The Bertz CT molecular complexity index is 532. The zero-order valence-electron chi connectivity index (χ0n) is 11.2. The highest BCUT2D eigenvalue weighted by Gasteiger charge is 2.14. The van der Waals surface area contributed by atoms with Crippen LogP contribution < -0.4 is 0 Å². The molecule has 0 aliphatic rings. The molecule has 0 aliphatic carbocycles. The molecule has 1 aromatic heterocycles. The quantitative estimate of drug-likeness (QED) is 0.882. The van der Waals surface area contributed by atoms with Gasteiger partial charge in [-0.2, -0.15) is 0 Å². The molecule has 1 N–H and O–H groups in total. The highest BCUT2D eigenvalue weighted by Crippen LogP contribution is 2.22. The lowest BCUT2D eigenvalue weighted by molar-refractivity contribution is -0.138. The molecule has 19 heavy (non-hydrogen) atoms. The van der Waals surface area contributed by atoms with Crippen molar-refractivity contribution in [2.45, 2.75) is 20.4 Å². The number of carboxylic acids is 1. The molecule has 0 saturated carbocycles. The lowest BCUT2D eigenvalue weighted by Gasteiger charge is -2.20. The van der Waals surface area contributed by atoms with Gasteiger partial charge in [0, 0.05) is 6.54 Å². The van der Waals surface area contributed by atoms with Gasteiger partial charge in [-0.05, 0) is 18.1 Å². The second kappa shape index (κ2) is 6.12. The van der Waals surface area contributed by atoms with E-state index in [2.05, 4.69) is 18.8 Å². The van der Waals surface area contributed by atoms with Gasteiger partial charge in [0.1, 0.15) is 5.01 Å². The lowest BCUT2D eigenvalue weighted by Crippen LogP contribution is -2.32. The molecule has 5 heteroatoms. The maximum Gasteiger partial charge on any atom is 0.317 e. The highest BCUT2D eigenvalue weighted by molar-refractivity contribution is 7.18. The van der Waals surface area contributed by atoms with Crippen molar-refractivity contribution in [2.24, 2.45) is 5.92 Å². The second-order valence-corrected chi connectivity index (χ2v) is 6.15. The number of aliphatic carboxylic acids is 1. The number of hydrogen-bond acceptors (Lipinski definition) is 4. The fraction of sp³-hybridized carbons (Fsp3) is 0.429. The van der Waals surface area contributed by atoms with Gasteiger partial charge < -0.3 is 5.11 Å². The first-order valence-electron chi connectivity index (χ1n) is 6.33. The number of carboxylic acid groups (broad SMARTS) is 1. The van der Waals surface area contributed by atoms with Crippen LogP contribution in [0.5, 0.6) is 0 Å². The number of hydrogen-bond donors (Lipinski definition) is 1. The first kappa shape index (κ1) is 14.0. The van der Waals surface area contributed by atoms with Crippen molar-refractivity contribution in [3.05, 3.63) is 29.3 Å². The monoisotopic (exact) mass is 278 g/mol. The van der Waals surface area contributed by atoms with Crippen LogP contribution in [0.25, 0.3) is 10.2 Å². The van der Waals surface area contributed by atoms with Crippen LogP contribution in [0.3, 0.4) is 0 Å². The van der Waals surface area contributed by atoms with Gasteiger partial charge in [-0.1, -0.05) is 26.0 Å². The van der Waals surface area contributed by atoms with Crippen LogP contribution in [-0.2, 0) is 11.3 Å². The minimum Gasteiger partial charge on any atom is -0.480 e. The Morgan fingerprint density at radius 1 is 1.42 bits per heavy atom. The molecule has 0 unspecified atom stereocenters. The number of thiazole rings is 1. The lowest BCUT2D eigenvalue weighted by atomic mass is 10.2. The molecule has 0 radical (unpaired) electrons. The summed E-state index contributed by atoms with van der Waals surface area (Å²) >= 11 is 1.63. The van der Waals surface area contributed by atoms with Gasteiger partial charge in [0.15, 0.2) is 0 Å². The molecule has 0 saturated heterocycles. The van der Waals surface area contributed by atoms with Crippen LogP contribution >= 0.6 is 11.3 Å². The van der Waals surface area contributed by atoms with E-state index in [-0.39, 0.29) is 6.54 Å². The molecule has 0 aliphatic heterocycles. The van der Waals surface area contributed by atoms with Gasteiger partial charge in [-0.25, -0.2) is 4.98 Å². The second-order valence-electron chi connectivity index (χ2n) is 5.03. The largest absolute Gasteiger partial charge is 0.480 e. The topological polar surface area (TPSA) is 53.4 Å². The molecular weight excluding hydrogens is 260 g/mol. The zero-order chi connectivity index (χ0) is 13.8. The van der Waals surface area contributed by atoms with E-state index in [0.29, 0.717) is 12.5 Å². The van der Waals surface area contributed by atoms with Crippen LogP contribution in [0.4, 0.5) is 0 Å². The fourth-order valence-corrected chi connectivity index (χ4v) is 3.08. The third-order valence-electron chi connectivity index (χ3n) is 2.68. The summed E-state index contributed by atoms with van der Waals surface area (Å²) in [5.41, 5.74) is 0.988. The maximum atomic E-state index is 10.9. The zero-order valence-corrected chi connectivity index (χ0v) is 12.0. The first-order valence-corrected chi connectivity index (χ1v) is 7.15. The van der Waals surface area contributed by atoms with E-state index < -0.39 is 5.97 Å². The molecule has 0 amide bonds. The van der Waals surface area contributed by atoms with Gasteiger partial charge in [-0.3, -0.25) is 9.69 Å². The van der Waals surface area contributed by atoms with Crippen LogP contribution in [-0.4, -0.2) is 34.0 Å². The number of rotatable bonds is 6. The highest BCUT2D eigenvalue weighted by atomic mass is 32.1. The Balaban J connectivity index is 2.12. The molecule has 0 bridgehead atoms. The molecule has 1 heterocycles. The standard InChI is InChI=1S/C14H18N2O2S/c1-10(2)7-16(9-14(17)18)8-13-15-11-5-3-4-6-12(11)19-13/h3-6,10H,7-9H2,1-2H3,(H,17,18). The molecule has 0 fully saturated rings. The van der Waals surface area contributed by atoms with Gasteiger partial charge in [-0.15, -0.1) is 11.3 Å². The predicted molar refractivity (Wildman–Crippen MR) is 77.4 cm³/mol. The molecule has 102 valence electrons. The average molecular weight is 278 g/mol. The first-order chi connectivity index (χ1) is 9.04. The summed E-state index contributed by atoms with van der Waals surface area (Å²) in [5.74, 6) is -0.351. The number of fused-ring (bicyclic) bond motifs is 1.